The van der Waals surface area contributed by atoms with Crippen molar-refractivity contribution >= 4 is 26.2 Å². The maximum Gasteiger partial charge on any atom is 0.306 e. The summed E-state index contributed by atoms with van der Waals surface area (Å²) in [4.78, 5) is 12.2. The predicted octanol–water partition coefficient (Wildman–Crippen LogP) is 2.82. The molecule has 0 amide bonds. The number of carbonyl (C=O) groups is 1. The molecule has 2 rings (SSSR count). The van der Waals surface area contributed by atoms with Gasteiger partial charge in [0.25, 0.3) is 0 Å². The van der Waals surface area contributed by atoms with Crippen LogP contribution in [0, 0.1) is 6.92 Å². The Bertz CT molecular complexity index is 631. The average Bonchev–Trinajstić information content (AvgIpc) is 2.48. The lowest BCUT2D eigenvalue weighted by Crippen LogP contribution is -2.32. The van der Waals surface area contributed by atoms with Gasteiger partial charge in [-0.3, -0.25) is 4.79 Å². The Morgan fingerprint density at radius 1 is 1.22 bits per heavy atom. The lowest BCUT2D eigenvalue weighted by Gasteiger charge is -2.40. The largest absolute Gasteiger partial charge is 0.380 e. The molecule has 1 aliphatic heterocycles. The van der Waals surface area contributed by atoms with Crippen LogP contribution in [0.2, 0.25) is 0 Å². The number of hydrogen-bond donors (Lipinski definition) is 0. The van der Waals surface area contributed by atoms with Crippen LogP contribution in [0.5, 0.6) is 0 Å². The summed E-state index contributed by atoms with van der Waals surface area (Å²) in [5, 5.41) is 0. The van der Waals surface area contributed by atoms with E-state index in [9.17, 15) is 13.2 Å². The van der Waals surface area contributed by atoms with Crippen molar-refractivity contribution in [2.24, 2.45) is 0 Å². The Morgan fingerprint density at radius 2 is 1.83 bits per heavy atom. The molecule has 5 nitrogen and oxygen atoms in total. The Kier molecular flexibility index (Phi) is 6.25. The zero-order chi connectivity index (χ0) is 16.9. The van der Waals surface area contributed by atoms with Gasteiger partial charge in [0.2, 0.25) is 0 Å². The van der Waals surface area contributed by atoms with Crippen LogP contribution >= 0.6 is 10.3 Å². The summed E-state index contributed by atoms with van der Waals surface area (Å²) in [5.41, 5.74) is 0.982. The molecule has 1 heterocycles. The molecule has 0 N–H and O–H groups in total. The second kappa shape index (κ2) is 7.79. The average molecular weight is 360 g/mol. The van der Waals surface area contributed by atoms with Crippen molar-refractivity contribution in [1.29, 1.82) is 0 Å². The first-order valence-electron chi connectivity index (χ1n) is 7.75. The van der Waals surface area contributed by atoms with Gasteiger partial charge in [0.15, 0.2) is 0 Å². The lowest BCUT2D eigenvalue weighted by atomic mass is 10.2. The van der Waals surface area contributed by atoms with Gasteiger partial charge in [-0.2, -0.15) is 8.42 Å². The molecule has 0 radical (unpaired) electrons. The third kappa shape index (κ3) is 5.04. The fraction of sp³-hybridized carbons (Fsp3) is 0.562. The first kappa shape index (κ1) is 18.4. The number of benzene rings is 1. The smallest absolute Gasteiger partial charge is 0.306 e. The molecule has 0 bridgehead atoms. The molecule has 1 aliphatic rings. The van der Waals surface area contributed by atoms with Crippen molar-refractivity contribution in [1.82, 2.24) is 0 Å². The summed E-state index contributed by atoms with van der Waals surface area (Å²) < 4.78 is 36.2. The fourth-order valence-corrected chi connectivity index (χ4v) is 7.55. The van der Waals surface area contributed by atoms with Gasteiger partial charge < -0.3 is 4.74 Å². The molecule has 1 saturated heterocycles. The van der Waals surface area contributed by atoms with E-state index in [2.05, 4.69) is 0 Å². The molecule has 0 saturated carbocycles. The first-order valence-corrected chi connectivity index (χ1v) is 11.2. The summed E-state index contributed by atoms with van der Waals surface area (Å²) in [7, 11) is -5.86. The van der Waals surface area contributed by atoms with Gasteiger partial charge in [0.1, 0.15) is 5.78 Å². The van der Waals surface area contributed by atoms with Crippen molar-refractivity contribution in [2.45, 2.75) is 31.6 Å². The van der Waals surface area contributed by atoms with Crippen LogP contribution in [0.1, 0.15) is 25.3 Å². The highest BCUT2D eigenvalue weighted by atomic mass is 32.3. The van der Waals surface area contributed by atoms with E-state index >= 15 is 0 Å². The van der Waals surface area contributed by atoms with Gasteiger partial charge in [-0.05, 0) is 25.5 Å². The minimum atomic E-state index is -3.87. The maximum atomic E-state index is 12.6. The molecular weight excluding hydrogens is 336 g/mol. The number of Topliss-reactive ketones (excluding diaryl/α,β-unsaturated/α-hetero) is 1. The topological polar surface area (TPSA) is 69.7 Å². The lowest BCUT2D eigenvalue weighted by molar-refractivity contribution is -0.116. The number of ether oxygens (including phenoxy) is 1. The van der Waals surface area contributed by atoms with Crippen molar-refractivity contribution in [3.63, 3.8) is 0 Å². The quantitative estimate of drug-likeness (QED) is 0.748. The van der Waals surface area contributed by atoms with Crippen LogP contribution in [0.15, 0.2) is 29.2 Å². The number of ketones is 1. The molecule has 23 heavy (non-hydrogen) atoms. The Hall–Kier alpha value is -0.890. The second-order valence-corrected chi connectivity index (χ2v) is 10.7. The molecule has 0 aliphatic carbocycles. The summed E-state index contributed by atoms with van der Waals surface area (Å²) in [5.74, 6) is 1.26. The fourth-order valence-electron chi connectivity index (χ4n) is 2.44. The zero-order valence-corrected chi connectivity index (χ0v) is 15.2. The van der Waals surface area contributed by atoms with E-state index in [1.807, 2.05) is 13.8 Å². The summed E-state index contributed by atoms with van der Waals surface area (Å²) in [6.45, 7) is 4.72. The Morgan fingerprint density at radius 3 is 2.39 bits per heavy atom. The Labute approximate surface area is 140 Å². The molecule has 0 spiro atoms. The molecule has 1 aromatic rings. The number of aryl methyl sites for hydroxylation is 1. The van der Waals surface area contributed by atoms with Gasteiger partial charge in [-0.25, -0.2) is 3.63 Å². The summed E-state index contributed by atoms with van der Waals surface area (Å²) in [6.07, 6.45) is 1.22. The van der Waals surface area contributed by atoms with Crippen LogP contribution in [0.3, 0.4) is 0 Å². The molecular formula is C16H24O5S2. The van der Waals surface area contributed by atoms with Gasteiger partial charge in [-0.1, -0.05) is 24.6 Å². The van der Waals surface area contributed by atoms with E-state index < -0.39 is 20.4 Å². The highest BCUT2D eigenvalue weighted by Crippen LogP contribution is 2.52. The number of hydrogen-bond acceptors (Lipinski definition) is 5. The number of rotatable bonds is 7. The monoisotopic (exact) mass is 360 g/mol. The third-order valence-corrected chi connectivity index (χ3v) is 9.09. The summed E-state index contributed by atoms with van der Waals surface area (Å²) in [6, 6.07) is 6.57. The van der Waals surface area contributed by atoms with Crippen LogP contribution in [0.25, 0.3) is 0 Å². The minimum Gasteiger partial charge on any atom is -0.380 e. The SMILES string of the molecule is CCCC(=O)CS1(OS(=O)(=O)c2ccc(C)cc2)CCOCC1. The van der Waals surface area contributed by atoms with Gasteiger partial charge in [0.05, 0.1) is 23.9 Å². The third-order valence-electron chi connectivity index (χ3n) is 3.70. The molecule has 0 unspecified atom stereocenters. The van der Waals surface area contributed by atoms with Crippen LogP contribution < -0.4 is 0 Å². The second-order valence-electron chi connectivity index (χ2n) is 5.75. The summed E-state index contributed by atoms with van der Waals surface area (Å²) >= 11 is 0. The maximum absolute atomic E-state index is 12.6. The normalized spacial score (nSPS) is 19.2. The van der Waals surface area contributed by atoms with Gasteiger partial charge in [-0.15, -0.1) is 10.3 Å². The van der Waals surface area contributed by atoms with Crippen LogP contribution in [-0.2, 0) is 23.3 Å². The van der Waals surface area contributed by atoms with E-state index in [1.165, 1.54) is 0 Å². The van der Waals surface area contributed by atoms with E-state index in [0.29, 0.717) is 31.1 Å². The molecule has 1 fully saturated rings. The zero-order valence-electron chi connectivity index (χ0n) is 13.6. The number of carbonyl (C=O) groups excluding carboxylic acids is 1. The van der Waals surface area contributed by atoms with Crippen LogP contribution in [0.4, 0.5) is 0 Å². The standard InChI is InChI=1S/C16H24O5S2/c1-3-4-15(17)13-22(11-9-20-10-12-22)21-23(18,19)16-7-5-14(2)6-8-16/h5-8H,3-4,9-13H2,1-2H3. The molecule has 7 heteroatoms. The highest BCUT2D eigenvalue weighted by Gasteiger charge is 2.36. The van der Waals surface area contributed by atoms with Crippen molar-refractivity contribution in [3.05, 3.63) is 29.8 Å². The molecule has 1 aromatic carbocycles. The van der Waals surface area contributed by atoms with Crippen LogP contribution in [-0.4, -0.2) is 44.7 Å². The van der Waals surface area contributed by atoms with Crippen molar-refractivity contribution in [2.75, 3.05) is 30.5 Å². The Balaban J connectivity index is 2.22. The van der Waals surface area contributed by atoms with Crippen molar-refractivity contribution in [3.8, 4) is 0 Å². The van der Waals surface area contributed by atoms with E-state index in [1.54, 1.807) is 24.3 Å². The van der Waals surface area contributed by atoms with Gasteiger partial charge >= 0.3 is 10.1 Å². The van der Waals surface area contributed by atoms with E-state index in [0.717, 1.165) is 12.0 Å². The minimum absolute atomic E-state index is 0.0727. The first-order chi connectivity index (χ1) is 10.9. The van der Waals surface area contributed by atoms with Gasteiger partial charge in [0, 0.05) is 17.9 Å². The molecule has 130 valence electrons. The van der Waals surface area contributed by atoms with E-state index in [-0.39, 0.29) is 16.4 Å². The molecule has 0 aromatic heterocycles. The molecule has 0 atom stereocenters. The van der Waals surface area contributed by atoms with Crippen molar-refractivity contribution < 1.29 is 21.6 Å². The predicted molar refractivity (Wildman–Crippen MR) is 92.4 cm³/mol. The van der Waals surface area contributed by atoms with E-state index in [4.69, 9.17) is 8.37 Å². The highest BCUT2D eigenvalue weighted by molar-refractivity contribution is 8.33.